The molecule has 1 unspecified atom stereocenters. The first-order chi connectivity index (χ1) is 31.5. The molecule has 64 heavy (non-hydrogen) atoms. The maximum atomic E-state index is 12.8. The van der Waals surface area contributed by atoms with Gasteiger partial charge in [-0.25, -0.2) is 0 Å². The van der Waals surface area contributed by atoms with Gasteiger partial charge in [-0.3, -0.25) is 14.4 Å². The summed E-state index contributed by atoms with van der Waals surface area (Å²) >= 11 is 0. The van der Waals surface area contributed by atoms with Gasteiger partial charge in [0.1, 0.15) is 13.2 Å². The fraction of sp³-hybridized carbons (Fsp3) is 0.603. The maximum absolute atomic E-state index is 12.8. The highest BCUT2D eigenvalue weighted by Crippen LogP contribution is 2.13. The van der Waals surface area contributed by atoms with Gasteiger partial charge in [0.25, 0.3) is 0 Å². The Morgan fingerprint density at radius 3 is 1.05 bits per heavy atom. The predicted octanol–water partition coefficient (Wildman–Crippen LogP) is 16.9. The number of rotatable bonds is 44. The van der Waals surface area contributed by atoms with Gasteiger partial charge in [-0.15, -0.1) is 0 Å². The summed E-state index contributed by atoms with van der Waals surface area (Å²) < 4.78 is 16.7. The molecule has 1 atom stereocenters. The summed E-state index contributed by atoms with van der Waals surface area (Å²) in [6, 6.07) is 0. The molecule has 0 aromatic carbocycles. The van der Waals surface area contributed by atoms with E-state index >= 15 is 0 Å². The summed E-state index contributed by atoms with van der Waals surface area (Å²) in [7, 11) is 0. The summed E-state index contributed by atoms with van der Waals surface area (Å²) in [6.07, 6.45) is 70.6. The molecule has 0 bridgehead atoms. The minimum absolute atomic E-state index is 0.110. The average molecular weight is 885 g/mol. The third kappa shape index (κ3) is 48.8. The Hall–Kier alpha value is -4.19. The van der Waals surface area contributed by atoms with Crippen LogP contribution in [0.5, 0.6) is 0 Å². The topological polar surface area (TPSA) is 78.9 Å². The molecular weight excluding hydrogens is 793 g/mol. The van der Waals surface area contributed by atoms with E-state index in [0.29, 0.717) is 19.3 Å². The first kappa shape index (κ1) is 59.8. The summed E-state index contributed by atoms with van der Waals surface area (Å²) in [6.45, 7) is 6.28. The van der Waals surface area contributed by atoms with Crippen molar-refractivity contribution in [2.45, 2.75) is 213 Å². The molecule has 0 aromatic rings. The number of unbranched alkanes of at least 4 members (excludes halogenated alkanes) is 13. The highest BCUT2D eigenvalue weighted by Gasteiger charge is 2.19. The third-order valence-corrected chi connectivity index (χ3v) is 10.2. The monoisotopic (exact) mass is 885 g/mol. The van der Waals surface area contributed by atoms with Gasteiger partial charge in [0.15, 0.2) is 6.10 Å². The Kier molecular flexibility index (Phi) is 48.1. The quantitative estimate of drug-likeness (QED) is 0.0262. The molecule has 0 aliphatic carbocycles. The van der Waals surface area contributed by atoms with Crippen molar-refractivity contribution in [3.05, 3.63) is 122 Å². The lowest BCUT2D eigenvalue weighted by molar-refractivity contribution is -0.166. The molecule has 0 aliphatic rings. The Bertz CT molecular complexity index is 1390. The van der Waals surface area contributed by atoms with Crippen LogP contribution in [-0.2, 0) is 28.6 Å². The van der Waals surface area contributed by atoms with Crippen LogP contribution < -0.4 is 0 Å². The molecule has 0 spiro atoms. The van der Waals surface area contributed by atoms with Crippen molar-refractivity contribution in [3.63, 3.8) is 0 Å². The molecule has 0 radical (unpaired) electrons. The number of ether oxygens (including phenoxy) is 3. The number of esters is 3. The second kappa shape index (κ2) is 51.4. The van der Waals surface area contributed by atoms with Gasteiger partial charge in [0, 0.05) is 19.3 Å². The van der Waals surface area contributed by atoms with Gasteiger partial charge in [-0.1, -0.05) is 213 Å². The van der Waals surface area contributed by atoms with E-state index in [4.69, 9.17) is 14.2 Å². The van der Waals surface area contributed by atoms with Gasteiger partial charge >= 0.3 is 17.9 Å². The molecule has 0 fully saturated rings. The van der Waals surface area contributed by atoms with Crippen LogP contribution in [0.3, 0.4) is 0 Å². The lowest BCUT2D eigenvalue weighted by atomic mass is 10.1. The normalized spacial score (nSPS) is 13.1. The van der Waals surface area contributed by atoms with Crippen LogP contribution in [0.1, 0.15) is 207 Å². The van der Waals surface area contributed by atoms with Gasteiger partial charge < -0.3 is 14.2 Å². The van der Waals surface area contributed by atoms with E-state index in [1.54, 1.807) is 0 Å². The van der Waals surface area contributed by atoms with Gasteiger partial charge in [0.05, 0.1) is 0 Å². The fourth-order valence-corrected chi connectivity index (χ4v) is 6.46. The Balaban J connectivity index is 4.46. The van der Waals surface area contributed by atoms with E-state index in [-0.39, 0.29) is 37.5 Å². The van der Waals surface area contributed by atoms with Crippen molar-refractivity contribution in [1.29, 1.82) is 0 Å². The van der Waals surface area contributed by atoms with E-state index < -0.39 is 6.10 Å². The number of carbonyl (C=O) groups excluding carboxylic acids is 3. The molecule has 0 aromatic heterocycles. The minimum atomic E-state index is -0.816. The van der Waals surface area contributed by atoms with Crippen LogP contribution in [0.2, 0.25) is 0 Å². The van der Waals surface area contributed by atoms with Crippen LogP contribution in [-0.4, -0.2) is 37.2 Å². The molecule has 0 rings (SSSR count). The molecule has 6 heteroatoms. The van der Waals surface area contributed by atoms with Crippen LogP contribution in [0, 0.1) is 0 Å². The standard InChI is InChI=1S/C58H92O6/c1-4-7-10-13-16-19-21-23-25-27-29-31-33-35-37-39-42-45-48-51-57(60)63-54-55(53-62-56(59)50-47-44-41-18-15-12-9-6-3)64-58(61)52-49-46-43-40-38-36-34-32-30-28-26-24-22-20-17-14-11-8-5-2/h7-8,10-11,16-17,19-20,23-26,29-32,35,37,42,45,55H,4-6,9,12-15,18,21-22,27-28,33-34,36,38-41,43-44,46-54H2,1-3H3/b10-7-,11-8-,19-16-,20-17-,25-23-,26-24-,31-29-,32-30-,37-35-,45-42-. The molecule has 0 saturated heterocycles. The second-order valence-corrected chi connectivity index (χ2v) is 16.3. The Morgan fingerprint density at radius 1 is 0.328 bits per heavy atom. The van der Waals surface area contributed by atoms with Crippen LogP contribution in [0.4, 0.5) is 0 Å². The van der Waals surface area contributed by atoms with E-state index in [1.165, 1.54) is 44.9 Å². The summed E-state index contributed by atoms with van der Waals surface area (Å²) in [5.41, 5.74) is 0. The third-order valence-electron chi connectivity index (χ3n) is 10.2. The van der Waals surface area contributed by atoms with Crippen LogP contribution >= 0.6 is 0 Å². The first-order valence-electron chi connectivity index (χ1n) is 25.5. The maximum Gasteiger partial charge on any atom is 0.306 e. The van der Waals surface area contributed by atoms with Gasteiger partial charge in [0.2, 0.25) is 0 Å². The zero-order chi connectivity index (χ0) is 46.5. The lowest BCUT2D eigenvalue weighted by Gasteiger charge is -2.18. The molecule has 0 N–H and O–H groups in total. The number of hydrogen-bond donors (Lipinski definition) is 0. The molecular formula is C58H92O6. The van der Waals surface area contributed by atoms with Crippen molar-refractivity contribution in [2.24, 2.45) is 0 Å². The highest BCUT2D eigenvalue weighted by atomic mass is 16.6. The zero-order valence-electron chi connectivity index (χ0n) is 41.0. The smallest absolute Gasteiger partial charge is 0.306 e. The fourth-order valence-electron chi connectivity index (χ4n) is 6.46. The summed E-state index contributed by atoms with van der Waals surface area (Å²) in [5, 5.41) is 0. The van der Waals surface area contributed by atoms with Crippen molar-refractivity contribution >= 4 is 17.9 Å². The van der Waals surface area contributed by atoms with Crippen molar-refractivity contribution < 1.29 is 28.6 Å². The lowest BCUT2D eigenvalue weighted by Crippen LogP contribution is -2.30. The molecule has 0 heterocycles. The van der Waals surface area contributed by atoms with Crippen LogP contribution in [0.25, 0.3) is 0 Å². The highest BCUT2D eigenvalue weighted by molar-refractivity contribution is 5.71. The Morgan fingerprint density at radius 2 is 0.641 bits per heavy atom. The number of hydrogen-bond acceptors (Lipinski definition) is 6. The molecule has 360 valence electrons. The van der Waals surface area contributed by atoms with E-state index in [1.807, 2.05) is 12.2 Å². The van der Waals surface area contributed by atoms with E-state index in [2.05, 4.69) is 130 Å². The van der Waals surface area contributed by atoms with E-state index in [0.717, 1.165) is 116 Å². The molecule has 0 aliphatic heterocycles. The molecule has 6 nitrogen and oxygen atoms in total. The van der Waals surface area contributed by atoms with Crippen molar-refractivity contribution in [2.75, 3.05) is 13.2 Å². The first-order valence-corrected chi connectivity index (χ1v) is 25.5. The SMILES string of the molecule is CC/C=C\C/C=C\C/C=C\C/C=C\C/C=C\C/C=C\CCC(=O)OCC(COC(=O)CCCCCCCCCC)OC(=O)CCCCCCCC/C=C\C/C=C\C/C=C\C/C=C\CC. The zero-order valence-corrected chi connectivity index (χ0v) is 41.0. The molecule has 0 saturated carbocycles. The predicted molar refractivity (Wildman–Crippen MR) is 274 cm³/mol. The largest absolute Gasteiger partial charge is 0.462 e. The van der Waals surface area contributed by atoms with Gasteiger partial charge in [-0.05, 0) is 96.3 Å². The minimum Gasteiger partial charge on any atom is -0.462 e. The summed E-state index contributed by atoms with van der Waals surface area (Å²) in [4.78, 5) is 37.8. The Labute approximate surface area is 392 Å². The summed E-state index contributed by atoms with van der Waals surface area (Å²) in [5.74, 6) is -1.02. The van der Waals surface area contributed by atoms with Crippen LogP contribution in [0.15, 0.2) is 122 Å². The van der Waals surface area contributed by atoms with E-state index in [9.17, 15) is 14.4 Å². The second-order valence-electron chi connectivity index (χ2n) is 16.3. The molecule has 0 amide bonds. The van der Waals surface area contributed by atoms with Crippen molar-refractivity contribution in [3.8, 4) is 0 Å². The number of carbonyl (C=O) groups is 3. The van der Waals surface area contributed by atoms with Gasteiger partial charge in [-0.2, -0.15) is 0 Å². The van der Waals surface area contributed by atoms with Crippen molar-refractivity contribution in [1.82, 2.24) is 0 Å². The average Bonchev–Trinajstić information content (AvgIpc) is 3.29. The number of allylic oxidation sites excluding steroid dienone is 20.